The monoisotopic (exact) mass is 343 g/mol. The lowest BCUT2D eigenvalue weighted by molar-refractivity contribution is 0.411. The molecule has 0 aliphatic rings. The molecule has 0 aliphatic carbocycles. The van der Waals surface area contributed by atoms with Crippen molar-refractivity contribution in [3.8, 4) is 17.5 Å². The van der Waals surface area contributed by atoms with E-state index in [-0.39, 0.29) is 6.01 Å². The molecule has 0 spiro atoms. The number of nitrogens with zero attached hydrogens (tertiary/aromatic N) is 2. The fourth-order valence-electron chi connectivity index (χ4n) is 1.20. The van der Waals surface area contributed by atoms with Gasteiger partial charge in [-0.1, -0.05) is 0 Å². The lowest BCUT2D eigenvalue weighted by Gasteiger charge is -2.07. The first-order valence-corrected chi connectivity index (χ1v) is 5.86. The molecule has 1 aromatic heterocycles. The van der Waals surface area contributed by atoms with Gasteiger partial charge in [-0.05, 0) is 34.7 Å². The average Bonchev–Trinajstić information content (AvgIpc) is 2.34. The standard InChI is InChI=1S/C11H10IN3O2/c1-16-8-2-3-10(9(13)4-8)17-11-14-5-7(12)6-15-11/h2-6H,13H2,1H3. The third-order valence-corrected chi connectivity index (χ3v) is 2.57. The number of benzene rings is 1. The number of aromatic nitrogens is 2. The minimum absolute atomic E-state index is 0.266. The quantitative estimate of drug-likeness (QED) is 0.685. The van der Waals surface area contributed by atoms with Gasteiger partial charge < -0.3 is 15.2 Å². The predicted molar refractivity (Wildman–Crippen MR) is 72.2 cm³/mol. The Labute approximate surface area is 112 Å². The molecule has 17 heavy (non-hydrogen) atoms. The molecule has 0 unspecified atom stereocenters. The Kier molecular flexibility index (Phi) is 3.62. The molecule has 0 saturated heterocycles. The number of nitrogen functional groups attached to an aromatic ring is 1. The first-order valence-electron chi connectivity index (χ1n) is 4.78. The highest BCUT2D eigenvalue weighted by Crippen LogP contribution is 2.28. The summed E-state index contributed by atoms with van der Waals surface area (Å²) in [5.74, 6) is 1.19. The minimum Gasteiger partial charge on any atom is -0.497 e. The van der Waals surface area contributed by atoms with E-state index in [1.54, 1.807) is 37.7 Å². The van der Waals surface area contributed by atoms with E-state index >= 15 is 0 Å². The van der Waals surface area contributed by atoms with Gasteiger partial charge in [-0.15, -0.1) is 0 Å². The lowest BCUT2D eigenvalue weighted by atomic mass is 10.3. The van der Waals surface area contributed by atoms with Crippen molar-refractivity contribution in [2.45, 2.75) is 0 Å². The summed E-state index contributed by atoms with van der Waals surface area (Å²) in [5.41, 5.74) is 6.29. The Morgan fingerprint density at radius 1 is 1.24 bits per heavy atom. The summed E-state index contributed by atoms with van der Waals surface area (Å²) >= 11 is 2.12. The van der Waals surface area contributed by atoms with Gasteiger partial charge in [0.1, 0.15) is 5.75 Å². The number of rotatable bonds is 3. The third kappa shape index (κ3) is 2.96. The van der Waals surface area contributed by atoms with E-state index in [2.05, 4.69) is 32.6 Å². The highest BCUT2D eigenvalue weighted by atomic mass is 127. The number of ether oxygens (including phenoxy) is 2. The van der Waals surface area contributed by atoms with Gasteiger partial charge in [-0.25, -0.2) is 9.97 Å². The second-order valence-electron chi connectivity index (χ2n) is 3.19. The van der Waals surface area contributed by atoms with E-state index in [0.717, 1.165) is 3.57 Å². The molecule has 0 fully saturated rings. The van der Waals surface area contributed by atoms with E-state index in [4.69, 9.17) is 15.2 Å². The van der Waals surface area contributed by atoms with E-state index in [1.165, 1.54) is 0 Å². The van der Waals surface area contributed by atoms with Crippen LogP contribution in [0.2, 0.25) is 0 Å². The summed E-state index contributed by atoms with van der Waals surface area (Å²) in [5, 5.41) is 0. The molecule has 2 rings (SSSR count). The van der Waals surface area contributed by atoms with E-state index < -0.39 is 0 Å². The molecule has 1 aromatic carbocycles. The van der Waals surface area contributed by atoms with Crippen LogP contribution >= 0.6 is 22.6 Å². The number of methoxy groups -OCH3 is 1. The maximum atomic E-state index is 5.81. The van der Waals surface area contributed by atoms with Crippen molar-refractivity contribution < 1.29 is 9.47 Å². The van der Waals surface area contributed by atoms with E-state index in [1.807, 2.05) is 0 Å². The van der Waals surface area contributed by atoms with Gasteiger partial charge in [-0.2, -0.15) is 0 Å². The molecular formula is C11H10IN3O2. The topological polar surface area (TPSA) is 70.3 Å². The van der Waals surface area contributed by atoms with E-state index in [9.17, 15) is 0 Å². The van der Waals surface area contributed by atoms with Crippen molar-refractivity contribution in [3.05, 3.63) is 34.2 Å². The van der Waals surface area contributed by atoms with Gasteiger partial charge >= 0.3 is 6.01 Å². The average molecular weight is 343 g/mol. The largest absolute Gasteiger partial charge is 0.497 e. The molecule has 0 saturated carbocycles. The van der Waals surface area contributed by atoms with Gasteiger partial charge in [0.25, 0.3) is 0 Å². The maximum Gasteiger partial charge on any atom is 0.322 e. The summed E-state index contributed by atoms with van der Waals surface area (Å²) < 4.78 is 11.4. The fraction of sp³-hybridized carbons (Fsp3) is 0.0909. The number of hydrogen-bond donors (Lipinski definition) is 1. The highest BCUT2D eigenvalue weighted by Gasteiger charge is 2.05. The Morgan fingerprint density at radius 2 is 1.94 bits per heavy atom. The number of hydrogen-bond acceptors (Lipinski definition) is 5. The zero-order valence-electron chi connectivity index (χ0n) is 9.05. The molecule has 0 amide bonds. The van der Waals surface area contributed by atoms with Crippen LogP contribution in [0.15, 0.2) is 30.6 Å². The molecule has 2 aromatic rings. The predicted octanol–water partition coefficient (Wildman–Crippen LogP) is 2.46. The summed E-state index contributed by atoms with van der Waals surface area (Å²) in [4.78, 5) is 8.06. The summed E-state index contributed by atoms with van der Waals surface area (Å²) in [6.45, 7) is 0. The first-order chi connectivity index (χ1) is 8.19. The van der Waals surface area contributed by atoms with Crippen LogP contribution in [0.1, 0.15) is 0 Å². The Morgan fingerprint density at radius 3 is 2.53 bits per heavy atom. The maximum absolute atomic E-state index is 5.81. The molecular weight excluding hydrogens is 333 g/mol. The highest BCUT2D eigenvalue weighted by molar-refractivity contribution is 14.1. The fourth-order valence-corrected chi connectivity index (χ4v) is 1.48. The van der Waals surface area contributed by atoms with Crippen LogP contribution in [0.3, 0.4) is 0 Å². The van der Waals surface area contributed by atoms with Gasteiger partial charge in [0.15, 0.2) is 5.75 Å². The first kappa shape index (κ1) is 11.9. The summed E-state index contributed by atoms with van der Waals surface area (Å²) in [6, 6.07) is 5.43. The minimum atomic E-state index is 0.266. The second kappa shape index (κ2) is 5.17. The van der Waals surface area contributed by atoms with Crippen molar-refractivity contribution in [3.63, 3.8) is 0 Å². The molecule has 0 radical (unpaired) electrons. The van der Waals surface area contributed by atoms with Crippen LogP contribution in [0.25, 0.3) is 0 Å². The zero-order valence-corrected chi connectivity index (χ0v) is 11.2. The molecule has 0 aliphatic heterocycles. The van der Waals surface area contributed by atoms with Crippen molar-refractivity contribution >= 4 is 28.3 Å². The molecule has 6 heteroatoms. The molecule has 5 nitrogen and oxygen atoms in total. The smallest absolute Gasteiger partial charge is 0.322 e. The number of anilines is 1. The van der Waals surface area contributed by atoms with Crippen LogP contribution < -0.4 is 15.2 Å². The van der Waals surface area contributed by atoms with Crippen molar-refractivity contribution in [1.29, 1.82) is 0 Å². The molecule has 88 valence electrons. The van der Waals surface area contributed by atoms with Gasteiger partial charge in [0.2, 0.25) is 0 Å². The van der Waals surface area contributed by atoms with Crippen molar-refractivity contribution in [2.75, 3.05) is 12.8 Å². The normalized spacial score (nSPS) is 10.0. The SMILES string of the molecule is COc1ccc(Oc2ncc(I)cn2)c(N)c1. The van der Waals surface area contributed by atoms with Crippen molar-refractivity contribution in [1.82, 2.24) is 9.97 Å². The van der Waals surface area contributed by atoms with E-state index in [0.29, 0.717) is 17.2 Å². The van der Waals surface area contributed by atoms with Gasteiger partial charge in [0, 0.05) is 22.0 Å². The van der Waals surface area contributed by atoms with Gasteiger partial charge in [0.05, 0.1) is 12.8 Å². The van der Waals surface area contributed by atoms with Crippen LogP contribution in [0.4, 0.5) is 5.69 Å². The van der Waals surface area contributed by atoms with Crippen LogP contribution in [-0.2, 0) is 0 Å². The zero-order chi connectivity index (χ0) is 12.3. The number of nitrogens with two attached hydrogens (primary N) is 1. The molecule has 0 atom stereocenters. The third-order valence-electron chi connectivity index (χ3n) is 2.01. The van der Waals surface area contributed by atoms with Crippen molar-refractivity contribution in [2.24, 2.45) is 0 Å². The van der Waals surface area contributed by atoms with Crippen LogP contribution in [-0.4, -0.2) is 17.1 Å². The van der Waals surface area contributed by atoms with Crippen LogP contribution in [0.5, 0.6) is 17.5 Å². The van der Waals surface area contributed by atoms with Gasteiger partial charge in [-0.3, -0.25) is 0 Å². The Bertz CT molecular complexity index is 517. The lowest BCUT2D eigenvalue weighted by Crippen LogP contribution is -1.96. The Hall–Kier alpha value is -1.57. The number of halogens is 1. The second-order valence-corrected chi connectivity index (χ2v) is 4.44. The molecule has 0 bridgehead atoms. The molecule has 2 N–H and O–H groups in total. The Balaban J connectivity index is 2.21. The van der Waals surface area contributed by atoms with Crippen LogP contribution in [0, 0.1) is 3.57 Å². The molecule has 1 heterocycles. The summed E-state index contributed by atoms with van der Waals surface area (Å²) in [7, 11) is 1.58. The summed E-state index contributed by atoms with van der Waals surface area (Å²) in [6.07, 6.45) is 3.34.